The summed E-state index contributed by atoms with van der Waals surface area (Å²) in [4.78, 5) is 11.1. The molecule has 0 aliphatic heterocycles. The summed E-state index contributed by atoms with van der Waals surface area (Å²) in [5.41, 5.74) is 0. The highest BCUT2D eigenvalue weighted by Crippen LogP contribution is 2.29. The molecule has 0 aliphatic rings. The third kappa shape index (κ3) is 2.60. The maximum absolute atomic E-state index is 13.1. The molecule has 18 heavy (non-hydrogen) atoms. The molecule has 0 saturated carbocycles. The molecule has 0 radical (unpaired) electrons. The number of benzene rings is 1. The maximum atomic E-state index is 13.1. The summed E-state index contributed by atoms with van der Waals surface area (Å²) in [5, 5.41) is 0. The molecule has 100 valence electrons. The quantitative estimate of drug-likeness (QED) is 0.476. The van der Waals surface area contributed by atoms with Crippen LogP contribution in [0.4, 0.5) is 22.0 Å². The fourth-order valence-electron chi connectivity index (χ4n) is 1.02. The summed E-state index contributed by atoms with van der Waals surface area (Å²) in [6.45, 7) is 2.24. The summed E-state index contributed by atoms with van der Waals surface area (Å²) in [6.07, 6.45) is 0. The van der Waals surface area contributed by atoms with E-state index in [2.05, 4.69) is 4.74 Å². The lowest BCUT2D eigenvalue weighted by molar-refractivity contribution is -0.124. The second-order valence-corrected chi connectivity index (χ2v) is 3.81. The van der Waals surface area contributed by atoms with Crippen LogP contribution < -0.4 is 4.74 Å². The molecule has 0 spiro atoms. The van der Waals surface area contributed by atoms with Gasteiger partial charge in [-0.3, -0.25) is 4.79 Å². The van der Waals surface area contributed by atoms with Crippen LogP contribution in [0.1, 0.15) is 13.8 Å². The Morgan fingerprint density at radius 1 is 0.944 bits per heavy atom. The molecule has 0 bridgehead atoms. The van der Waals surface area contributed by atoms with Crippen LogP contribution in [0.2, 0.25) is 0 Å². The molecular weight excluding hydrogens is 259 g/mol. The number of carbonyl (C=O) groups excluding carboxylic acids is 1. The molecule has 0 unspecified atom stereocenters. The normalized spacial score (nSPS) is 10.9. The average Bonchev–Trinajstić information content (AvgIpc) is 2.33. The largest absolute Gasteiger partial charge is 0.480 e. The van der Waals surface area contributed by atoms with E-state index in [-0.39, 0.29) is 0 Å². The lowest BCUT2D eigenvalue weighted by atomic mass is 10.1. The van der Waals surface area contributed by atoms with Crippen LogP contribution in [0.15, 0.2) is 0 Å². The lowest BCUT2D eigenvalue weighted by Crippen LogP contribution is -2.18. The van der Waals surface area contributed by atoms with Gasteiger partial charge in [-0.15, -0.1) is 0 Å². The molecular formula is C11H9F5O2. The van der Waals surface area contributed by atoms with Crippen LogP contribution in [0, 0.1) is 35.0 Å². The molecule has 0 heterocycles. The van der Waals surface area contributed by atoms with E-state index >= 15 is 0 Å². The summed E-state index contributed by atoms with van der Waals surface area (Å²) in [5.74, 6) is -13.1. The van der Waals surface area contributed by atoms with Crippen LogP contribution in [0.3, 0.4) is 0 Å². The molecule has 0 amide bonds. The minimum Gasteiger partial charge on any atom is -0.480 e. The molecule has 0 N–H and O–H groups in total. The van der Waals surface area contributed by atoms with Crippen molar-refractivity contribution >= 4 is 5.78 Å². The third-order valence-corrected chi connectivity index (χ3v) is 2.17. The molecule has 0 atom stereocenters. The van der Waals surface area contributed by atoms with Crippen molar-refractivity contribution in [3.63, 3.8) is 0 Å². The number of rotatable bonds is 4. The Labute approximate surface area is 99.4 Å². The number of hydrogen-bond donors (Lipinski definition) is 0. The topological polar surface area (TPSA) is 26.3 Å². The van der Waals surface area contributed by atoms with Crippen molar-refractivity contribution < 1.29 is 31.5 Å². The highest BCUT2D eigenvalue weighted by molar-refractivity contribution is 5.81. The molecule has 7 heteroatoms. The molecule has 0 fully saturated rings. The number of hydrogen-bond acceptors (Lipinski definition) is 2. The van der Waals surface area contributed by atoms with Gasteiger partial charge in [0.15, 0.2) is 11.5 Å². The smallest absolute Gasteiger partial charge is 0.207 e. The maximum Gasteiger partial charge on any atom is 0.207 e. The van der Waals surface area contributed by atoms with Crippen molar-refractivity contribution in [1.82, 2.24) is 0 Å². The fraction of sp³-hybridized carbons (Fsp3) is 0.364. The minimum absolute atomic E-state index is 0.480. The van der Waals surface area contributed by atoms with E-state index in [1.165, 1.54) is 13.8 Å². The Kier molecular flexibility index (Phi) is 4.26. The number of ether oxygens (including phenoxy) is 1. The Morgan fingerprint density at radius 2 is 1.33 bits per heavy atom. The number of Topliss-reactive ketones (excluding diaryl/α,β-unsaturated/α-hetero) is 1. The van der Waals surface area contributed by atoms with Gasteiger partial charge in [0.2, 0.25) is 29.1 Å². The fourth-order valence-corrected chi connectivity index (χ4v) is 1.02. The van der Waals surface area contributed by atoms with Gasteiger partial charge in [0.25, 0.3) is 0 Å². The van der Waals surface area contributed by atoms with Crippen molar-refractivity contribution in [2.45, 2.75) is 13.8 Å². The zero-order valence-electron chi connectivity index (χ0n) is 9.49. The first-order valence-electron chi connectivity index (χ1n) is 4.94. The van der Waals surface area contributed by atoms with E-state index in [0.29, 0.717) is 0 Å². The van der Waals surface area contributed by atoms with E-state index in [9.17, 15) is 26.7 Å². The van der Waals surface area contributed by atoms with E-state index in [1.54, 1.807) is 0 Å². The number of halogens is 5. The SMILES string of the molecule is CC(C)C(=O)COc1c(F)c(F)c(F)c(F)c1F. The van der Waals surface area contributed by atoms with Gasteiger partial charge >= 0.3 is 0 Å². The Hall–Kier alpha value is -1.66. The monoisotopic (exact) mass is 268 g/mol. The van der Waals surface area contributed by atoms with E-state index < -0.39 is 53.1 Å². The predicted octanol–water partition coefficient (Wildman–Crippen LogP) is 2.99. The number of carbonyl (C=O) groups is 1. The second kappa shape index (κ2) is 5.32. The Bertz CT molecular complexity index is 456. The van der Waals surface area contributed by atoms with Gasteiger partial charge in [0, 0.05) is 5.92 Å². The average molecular weight is 268 g/mol. The van der Waals surface area contributed by atoms with Gasteiger partial charge in [0.1, 0.15) is 6.61 Å². The third-order valence-electron chi connectivity index (χ3n) is 2.17. The van der Waals surface area contributed by atoms with E-state index in [1.807, 2.05) is 0 Å². The second-order valence-electron chi connectivity index (χ2n) is 3.81. The molecule has 1 aromatic rings. The van der Waals surface area contributed by atoms with Crippen LogP contribution in [0.5, 0.6) is 5.75 Å². The van der Waals surface area contributed by atoms with Crippen molar-refractivity contribution in [2.75, 3.05) is 6.61 Å². The van der Waals surface area contributed by atoms with Gasteiger partial charge < -0.3 is 4.74 Å². The molecule has 0 saturated heterocycles. The lowest BCUT2D eigenvalue weighted by Gasteiger charge is -2.10. The minimum atomic E-state index is -2.27. The van der Waals surface area contributed by atoms with Crippen molar-refractivity contribution in [3.8, 4) is 5.75 Å². The summed E-state index contributed by atoms with van der Waals surface area (Å²) in [6, 6.07) is 0. The van der Waals surface area contributed by atoms with Crippen LogP contribution >= 0.6 is 0 Å². The first-order valence-corrected chi connectivity index (χ1v) is 4.94. The molecule has 0 aromatic heterocycles. The summed E-state index contributed by atoms with van der Waals surface area (Å²) in [7, 11) is 0. The van der Waals surface area contributed by atoms with Gasteiger partial charge in [-0.2, -0.15) is 8.78 Å². The first-order chi connectivity index (χ1) is 8.27. The first kappa shape index (κ1) is 14.4. The predicted molar refractivity (Wildman–Crippen MR) is 51.6 cm³/mol. The summed E-state index contributed by atoms with van der Waals surface area (Å²) >= 11 is 0. The van der Waals surface area contributed by atoms with Gasteiger partial charge in [-0.1, -0.05) is 13.8 Å². The zero-order chi connectivity index (χ0) is 14.0. The summed E-state index contributed by atoms with van der Waals surface area (Å²) < 4.78 is 68.7. The number of ketones is 1. The van der Waals surface area contributed by atoms with Crippen molar-refractivity contribution in [3.05, 3.63) is 29.1 Å². The van der Waals surface area contributed by atoms with Crippen molar-refractivity contribution in [1.29, 1.82) is 0 Å². The van der Waals surface area contributed by atoms with Gasteiger partial charge in [0.05, 0.1) is 0 Å². The Balaban J connectivity index is 3.07. The van der Waals surface area contributed by atoms with Crippen LogP contribution in [-0.4, -0.2) is 12.4 Å². The standard InChI is InChI=1S/C11H9F5O2/c1-4(2)5(17)3-18-11-9(15)7(13)6(12)8(14)10(11)16/h4H,3H2,1-2H3. The van der Waals surface area contributed by atoms with Crippen LogP contribution in [0.25, 0.3) is 0 Å². The van der Waals surface area contributed by atoms with Crippen LogP contribution in [-0.2, 0) is 4.79 Å². The van der Waals surface area contributed by atoms with Gasteiger partial charge in [-0.05, 0) is 0 Å². The molecule has 2 nitrogen and oxygen atoms in total. The van der Waals surface area contributed by atoms with E-state index in [0.717, 1.165) is 0 Å². The Morgan fingerprint density at radius 3 is 1.72 bits per heavy atom. The zero-order valence-corrected chi connectivity index (χ0v) is 9.49. The van der Waals surface area contributed by atoms with E-state index in [4.69, 9.17) is 0 Å². The highest BCUT2D eigenvalue weighted by atomic mass is 19.2. The van der Waals surface area contributed by atoms with Crippen molar-refractivity contribution in [2.24, 2.45) is 5.92 Å². The highest BCUT2D eigenvalue weighted by Gasteiger charge is 2.27. The van der Waals surface area contributed by atoms with Gasteiger partial charge in [-0.25, -0.2) is 13.2 Å². The molecule has 0 aliphatic carbocycles. The molecule has 1 aromatic carbocycles. The molecule has 1 rings (SSSR count).